The molecule has 3 heteroatoms. The Labute approximate surface area is 326 Å². The van der Waals surface area contributed by atoms with Gasteiger partial charge in [-0.25, -0.2) is 4.98 Å². The topological polar surface area (TPSA) is 29.3 Å². The van der Waals surface area contributed by atoms with Gasteiger partial charge in [-0.05, 0) is 105 Å². The predicted octanol–water partition coefficient (Wildman–Crippen LogP) is 14.8. The SMILES string of the molecule is c1ccc(-c2cccc(N(c3ccc(-c4ccc5ccccc5c4)cc3)c3ccc(-c4ccc(-c5ccccc5)c5nc(-c6ccccc6)oc45)cc3)c2)cc1. The van der Waals surface area contributed by atoms with Gasteiger partial charge in [-0.1, -0.05) is 158 Å². The van der Waals surface area contributed by atoms with Crippen LogP contribution >= 0.6 is 0 Å². The summed E-state index contributed by atoms with van der Waals surface area (Å²) in [7, 11) is 0. The molecule has 0 saturated heterocycles. The molecule has 0 fully saturated rings. The standard InChI is InChI=1S/C53H36N2O/c1-4-13-37(14-5-1)44-21-12-22-48(36-44)55(46-29-25-39(26-30-46)45-24-23-38-15-10-11-20-43(38)35-45)47-31-27-41(28-32-47)50-34-33-49(40-16-6-2-7-17-40)51-52(50)56-53(54-51)42-18-8-3-9-19-42/h1-36H. The van der Waals surface area contributed by atoms with Crippen molar-refractivity contribution in [2.75, 3.05) is 4.90 Å². The number of hydrogen-bond acceptors (Lipinski definition) is 3. The number of fused-ring (bicyclic) bond motifs is 2. The first-order valence-electron chi connectivity index (χ1n) is 18.9. The van der Waals surface area contributed by atoms with E-state index in [1.807, 2.05) is 36.4 Å². The van der Waals surface area contributed by atoms with E-state index in [-0.39, 0.29) is 0 Å². The van der Waals surface area contributed by atoms with E-state index in [1.54, 1.807) is 0 Å². The molecule has 0 unspecified atom stereocenters. The summed E-state index contributed by atoms with van der Waals surface area (Å²) in [6, 6.07) is 77.0. The van der Waals surface area contributed by atoms with Crippen LogP contribution in [0.2, 0.25) is 0 Å². The average molecular weight is 717 g/mol. The van der Waals surface area contributed by atoms with Crippen molar-refractivity contribution in [1.82, 2.24) is 4.98 Å². The second-order valence-electron chi connectivity index (χ2n) is 14.0. The summed E-state index contributed by atoms with van der Waals surface area (Å²) in [6.07, 6.45) is 0. The lowest BCUT2D eigenvalue weighted by atomic mass is 9.98. The maximum atomic E-state index is 6.62. The minimum atomic E-state index is 0.610. The molecular formula is C53H36N2O. The number of benzene rings is 9. The molecule has 0 radical (unpaired) electrons. The average Bonchev–Trinajstić information content (AvgIpc) is 3.74. The fraction of sp³-hybridized carbons (Fsp3) is 0. The monoisotopic (exact) mass is 716 g/mol. The molecule has 56 heavy (non-hydrogen) atoms. The van der Waals surface area contributed by atoms with Gasteiger partial charge in [0.05, 0.1) is 0 Å². The maximum absolute atomic E-state index is 6.62. The van der Waals surface area contributed by atoms with E-state index in [0.717, 1.165) is 61.5 Å². The van der Waals surface area contributed by atoms with Crippen LogP contribution in [0, 0.1) is 0 Å². The van der Waals surface area contributed by atoms with Gasteiger partial charge < -0.3 is 9.32 Å². The molecule has 0 aliphatic rings. The Morgan fingerprint density at radius 2 is 0.821 bits per heavy atom. The van der Waals surface area contributed by atoms with Crippen LogP contribution < -0.4 is 4.90 Å². The third-order valence-corrected chi connectivity index (χ3v) is 10.5. The number of anilines is 3. The summed E-state index contributed by atoms with van der Waals surface area (Å²) < 4.78 is 6.62. The Bertz CT molecular complexity index is 2930. The molecule has 0 N–H and O–H groups in total. The summed E-state index contributed by atoms with van der Waals surface area (Å²) in [5.41, 5.74) is 14.7. The third kappa shape index (κ3) is 6.31. The molecule has 264 valence electrons. The Hall–Kier alpha value is -7.49. The number of rotatable bonds is 8. The van der Waals surface area contributed by atoms with E-state index < -0.39 is 0 Å². The van der Waals surface area contributed by atoms with Gasteiger partial charge in [0, 0.05) is 33.8 Å². The van der Waals surface area contributed by atoms with E-state index in [0.29, 0.717) is 5.89 Å². The molecule has 1 aromatic heterocycles. The molecule has 3 nitrogen and oxygen atoms in total. The minimum absolute atomic E-state index is 0.610. The summed E-state index contributed by atoms with van der Waals surface area (Å²) >= 11 is 0. The highest BCUT2D eigenvalue weighted by molar-refractivity contribution is 6.01. The molecule has 0 aliphatic heterocycles. The molecule has 9 aromatic carbocycles. The van der Waals surface area contributed by atoms with E-state index in [9.17, 15) is 0 Å². The normalized spacial score (nSPS) is 11.2. The molecule has 0 amide bonds. The predicted molar refractivity (Wildman–Crippen MR) is 233 cm³/mol. The second-order valence-corrected chi connectivity index (χ2v) is 14.0. The molecular weight excluding hydrogens is 681 g/mol. The van der Waals surface area contributed by atoms with Crippen molar-refractivity contribution in [3.8, 4) is 56.0 Å². The van der Waals surface area contributed by atoms with Crippen molar-refractivity contribution in [2.24, 2.45) is 0 Å². The van der Waals surface area contributed by atoms with E-state index in [1.165, 1.54) is 27.5 Å². The van der Waals surface area contributed by atoms with Crippen molar-refractivity contribution >= 4 is 38.9 Å². The first-order chi connectivity index (χ1) is 27.7. The molecule has 0 bridgehead atoms. The molecule has 0 aliphatic carbocycles. The van der Waals surface area contributed by atoms with Crippen LogP contribution in [-0.4, -0.2) is 4.98 Å². The highest BCUT2D eigenvalue weighted by atomic mass is 16.3. The smallest absolute Gasteiger partial charge is 0.227 e. The Balaban J connectivity index is 1.06. The maximum Gasteiger partial charge on any atom is 0.227 e. The molecule has 0 saturated carbocycles. The lowest BCUT2D eigenvalue weighted by Crippen LogP contribution is -2.10. The van der Waals surface area contributed by atoms with Gasteiger partial charge in [-0.2, -0.15) is 0 Å². The largest absolute Gasteiger partial charge is 0.435 e. The number of hydrogen-bond donors (Lipinski definition) is 0. The first-order valence-corrected chi connectivity index (χ1v) is 18.9. The van der Waals surface area contributed by atoms with Crippen molar-refractivity contribution in [1.29, 1.82) is 0 Å². The number of oxazole rings is 1. The third-order valence-electron chi connectivity index (χ3n) is 10.5. The summed E-state index contributed by atoms with van der Waals surface area (Å²) in [5, 5.41) is 2.48. The molecule has 0 atom stereocenters. The molecule has 0 spiro atoms. The molecule has 10 aromatic rings. The molecule has 1 heterocycles. The van der Waals surface area contributed by atoms with E-state index in [4.69, 9.17) is 9.40 Å². The summed E-state index contributed by atoms with van der Waals surface area (Å²) in [4.78, 5) is 7.40. The van der Waals surface area contributed by atoms with Crippen molar-refractivity contribution in [3.63, 3.8) is 0 Å². The van der Waals surface area contributed by atoms with Crippen LogP contribution in [0.3, 0.4) is 0 Å². The lowest BCUT2D eigenvalue weighted by molar-refractivity contribution is 0.621. The first kappa shape index (κ1) is 33.1. The zero-order chi connectivity index (χ0) is 37.3. The van der Waals surface area contributed by atoms with Crippen molar-refractivity contribution in [2.45, 2.75) is 0 Å². The fourth-order valence-corrected chi connectivity index (χ4v) is 7.65. The van der Waals surface area contributed by atoms with Gasteiger partial charge >= 0.3 is 0 Å². The number of aromatic nitrogens is 1. The summed E-state index contributed by atoms with van der Waals surface area (Å²) in [6.45, 7) is 0. The van der Waals surface area contributed by atoms with Crippen LogP contribution in [0.15, 0.2) is 223 Å². The summed E-state index contributed by atoms with van der Waals surface area (Å²) in [5.74, 6) is 0.610. The van der Waals surface area contributed by atoms with Crippen LogP contribution in [-0.2, 0) is 0 Å². The van der Waals surface area contributed by atoms with Crippen molar-refractivity contribution < 1.29 is 4.42 Å². The van der Waals surface area contributed by atoms with Gasteiger partial charge in [0.15, 0.2) is 5.58 Å². The van der Waals surface area contributed by atoms with Gasteiger partial charge in [-0.3, -0.25) is 0 Å². The molecule has 10 rings (SSSR count). The Kier molecular flexibility index (Phi) is 8.51. The zero-order valence-corrected chi connectivity index (χ0v) is 30.6. The van der Waals surface area contributed by atoms with Gasteiger partial charge in [0.25, 0.3) is 0 Å². The van der Waals surface area contributed by atoms with Crippen LogP contribution in [0.5, 0.6) is 0 Å². The zero-order valence-electron chi connectivity index (χ0n) is 30.6. The fourth-order valence-electron chi connectivity index (χ4n) is 7.65. The Morgan fingerprint density at radius 1 is 0.321 bits per heavy atom. The highest BCUT2D eigenvalue weighted by Crippen LogP contribution is 2.41. The minimum Gasteiger partial charge on any atom is -0.435 e. The van der Waals surface area contributed by atoms with Gasteiger partial charge in [0.1, 0.15) is 5.52 Å². The van der Waals surface area contributed by atoms with Crippen LogP contribution in [0.1, 0.15) is 0 Å². The van der Waals surface area contributed by atoms with Crippen LogP contribution in [0.25, 0.3) is 77.8 Å². The highest BCUT2D eigenvalue weighted by Gasteiger charge is 2.19. The van der Waals surface area contributed by atoms with E-state index in [2.05, 4.69) is 187 Å². The quantitative estimate of drug-likeness (QED) is 0.157. The van der Waals surface area contributed by atoms with Gasteiger partial charge in [0.2, 0.25) is 5.89 Å². The van der Waals surface area contributed by atoms with E-state index >= 15 is 0 Å². The van der Waals surface area contributed by atoms with Crippen LogP contribution in [0.4, 0.5) is 17.1 Å². The second kappa shape index (κ2) is 14.4. The number of nitrogens with zero attached hydrogens (tertiary/aromatic N) is 2. The Morgan fingerprint density at radius 3 is 1.52 bits per heavy atom. The van der Waals surface area contributed by atoms with Gasteiger partial charge in [-0.15, -0.1) is 0 Å². The lowest BCUT2D eigenvalue weighted by Gasteiger charge is -2.26. The van der Waals surface area contributed by atoms with Crippen molar-refractivity contribution in [3.05, 3.63) is 218 Å².